The lowest BCUT2D eigenvalue weighted by Crippen LogP contribution is -2.29. The molecule has 0 aromatic carbocycles. The molecule has 3 nitrogen and oxygen atoms in total. The monoisotopic (exact) mass is 285 g/mol. The lowest BCUT2D eigenvalue weighted by Gasteiger charge is -2.08. The second-order valence-electron chi connectivity index (χ2n) is 3.82. The van der Waals surface area contributed by atoms with E-state index in [4.69, 9.17) is 0 Å². The van der Waals surface area contributed by atoms with Crippen LogP contribution in [0.3, 0.4) is 0 Å². The van der Waals surface area contributed by atoms with Crippen molar-refractivity contribution in [2.24, 2.45) is 5.92 Å². The zero-order chi connectivity index (χ0) is 11.0. The van der Waals surface area contributed by atoms with Gasteiger partial charge in [-0.3, -0.25) is 0 Å². The molecule has 0 aliphatic heterocycles. The summed E-state index contributed by atoms with van der Waals surface area (Å²) in [6.07, 6.45) is 3.09. The quantitative estimate of drug-likeness (QED) is 0.549. The third-order valence-electron chi connectivity index (χ3n) is 1.69. The first kappa shape index (κ1) is 14.4. The molecule has 0 saturated heterocycles. The third-order valence-corrected chi connectivity index (χ3v) is 4.00. The fraction of sp³-hybridized carbons (Fsp3) is 1.00. The van der Waals surface area contributed by atoms with E-state index in [2.05, 4.69) is 20.7 Å². The maximum atomic E-state index is 11.4. The number of sulfonamides is 1. The molecule has 0 aromatic rings. The minimum atomic E-state index is -3.03. The average molecular weight is 286 g/mol. The Morgan fingerprint density at radius 1 is 1.21 bits per heavy atom. The highest BCUT2D eigenvalue weighted by molar-refractivity contribution is 9.09. The van der Waals surface area contributed by atoms with E-state index in [0.717, 1.165) is 24.6 Å². The van der Waals surface area contributed by atoms with Gasteiger partial charge in [0, 0.05) is 11.9 Å². The van der Waals surface area contributed by atoms with Crippen LogP contribution in [0.15, 0.2) is 0 Å². The topological polar surface area (TPSA) is 46.2 Å². The summed E-state index contributed by atoms with van der Waals surface area (Å²) in [5.74, 6) is 0.417. The molecule has 0 amide bonds. The van der Waals surface area contributed by atoms with Crippen molar-refractivity contribution in [2.75, 3.05) is 17.6 Å². The van der Waals surface area contributed by atoms with Crippen molar-refractivity contribution in [1.82, 2.24) is 4.72 Å². The molecule has 0 bridgehead atoms. The van der Waals surface area contributed by atoms with Crippen LogP contribution in [-0.4, -0.2) is 26.0 Å². The van der Waals surface area contributed by atoms with Crippen molar-refractivity contribution >= 4 is 26.0 Å². The largest absolute Gasteiger partial charge is 0.215 e. The lowest BCUT2D eigenvalue weighted by atomic mass is 10.3. The highest BCUT2D eigenvalue weighted by Crippen LogP contribution is 2.00. The van der Waals surface area contributed by atoms with Crippen LogP contribution in [0.4, 0.5) is 0 Å². The molecule has 0 fully saturated rings. The minimum absolute atomic E-state index is 0.190. The molecule has 0 spiro atoms. The molecule has 14 heavy (non-hydrogen) atoms. The summed E-state index contributed by atoms with van der Waals surface area (Å²) in [6.45, 7) is 4.39. The molecule has 0 rings (SSSR count). The van der Waals surface area contributed by atoms with Gasteiger partial charge in [0.25, 0.3) is 0 Å². The Hall–Kier alpha value is 0.390. The number of alkyl halides is 1. The van der Waals surface area contributed by atoms with Gasteiger partial charge in [-0.15, -0.1) is 0 Å². The number of halogens is 1. The Labute approximate surface area is 95.8 Å². The second kappa shape index (κ2) is 7.65. The average Bonchev–Trinajstić information content (AvgIpc) is 2.01. The van der Waals surface area contributed by atoms with E-state index < -0.39 is 10.0 Å². The Morgan fingerprint density at radius 2 is 1.86 bits per heavy atom. The minimum Gasteiger partial charge on any atom is -0.215 e. The maximum Gasteiger partial charge on any atom is 0.211 e. The number of nitrogens with one attached hydrogen (secondary N) is 1. The Morgan fingerprint density at radius 3 is 2.36 bits per heavy atom. The van der Waals surface area contributed by atoms with Gasteiger partial charge < -0.3 is 0 Å². The van der Waals surface area contributed by atoms with Gasteiger partial charge in [-0.05, 0) is 18.8 Å². The number of hydrogen-bond donors (Lipinski definition) is 1. The van der Waals surface area contributed by atoms with E-state index in [1.807, 2.05) is 13.8 Å². The molecule has 86 valence electrons. The fourth-order valence-corrected chi connectivity index (χ4v) is 2.97. The predicted octanol–water partition coefficient (Wildman–Crippen LogP) is 2.13. The molecule has 1 N–H and O–H groups in total. The van der Waals surface area contributed by atoms with Crippen LogP contribution in [0.2, 0.25) is 0 Å². The third kappa shape index (κ3) is 8.97. The van der Waals surface area contributed by atoms with E-state index in [9.17, 15) is 8.42 Å². The van der Waals surface area contributed by atoms with Crippen molar-refractivity contribution in [1.29, 1.82) is 0 Å². The van der Waals surface area contributed by atoms with Crippen LogP contribution in [-0.2, 0) is 10.0 Å². The first-order valence-electron chi connectivity index (χ1n) is 5.01. The van der Waals surface area contributed by atoms with Crippen LogP contribution < -0.4 is 4.72 Å². The summed E-state index contributed by atoms with van der Waals surface area (Å²) < 4.78 is 25.3. The van der Waals surface area contributed by atoms with Gasteiger partial charge >= 0.3 is 0 Å². The van der Waals surface area contributed by atoms with Gasteiger partial charge in [0.05, 0.1) is 5.75 Å². The highest BCUT2D eigenvalue weighted by Gasteiger charge is 2.11. The van der Waals surface area contributed by atoms with Crippen LogP contribution in [0.1, 0.15) is 33.1 Å². The molecule has 0 aliphatic rings. The van der Waals surface area contributed by atoms with Crippen LogP contribution in [0, 0.1) is 5.92 Å². The maximum absolute atomic E-state index is 11.4. The summed E-state index contributed by atoms with van der Waals surface area (Å²) in [5, 5.41) is 0.992. The number of hydrogen-bond acceptors (Lipinski definition) is 2. The number of unbranched alkanes of at least 4 members (excludes halogenated alkanes) is 2. The highest BCUT2D eigenvalue weighted by atomic mass is 79.9. The van der Waals surface area contributed by atoms with Gasteiger partial charge in [-0.1, -0.05) is 36.2 Å². The van der Waals surface area contributed by atoms with Crippen molar-refractivity contribution in [3.05, 3.63) is 0 Å². The SMILES string of the molecule is CC(C)CS(=O)(=O)NCCCCCBr. The van der Waals surface area contributed by atoms with Crippen LogP contribution >= 0.6 is 15.9 Å². The predicted molar refractivity (Wildman–Crippen MR) is 64.3 cm³/mol. The summed E-state index contributed by atoms with van der Waals surface area (Å²) in [5.41, 5.74) is 0. The first-order valence-corrected chi connectivity index (χ1v) is 7.78. The zero-order valence-corrected chi connectivity index (χ0v) is 11.3. The van der Waals surface area contributed by atoms with Crippen molar-refractivity contribution < 1.29 is 8.42 Å². The molecular formula is C9H20BrNO2S. The zero-order valence-electron chi connectivity index (χ0n) is 8.92. The summed E-state index contributed by atoms with van der Waals surface area (Å²) in [6, 6.07) is 0. The first-order chi connectivity index (χ1) is 6.48. The van der Waals surface area contributed by atoms with Crippen molar-refractivity contribution in [3.63, 3.8) is 0 Å². The number of rotatable bonds is 8. The molecule has 5 heteroatoms. The molecule has 0 heterocycles. The van der Waals surface area contributed by atoms with Gasteiger partial charge in [-0.2, -0.15) is 0 Å². The van der Waals surface area contributed by atoms with Crippen molar-refractivity contribution in [2.45, 2.75) is 33.1 Å². The molecular weight excluding hydrogens is 266 g/mol. The van der Waals surface area contributed by atoms with Gasteiger partial charge in [0.1, 0.15) is 0 Å². The molecule has 0 atom stereocenters. The van der Waals surface area contributed by atoms with E-state index >= 15 is 0 Å². The molecule has 0 saturated carbocycles. The van der Waals surface area contributed by atoms with Crippen molar-refractivity contribution in [3.8, 4) is 0 Å². The van der Waals surface area contributed by atoms with E-state index in [1.165, 1.54) is 0 Å². The summed E-state index contributed by atoms with van der Waals surface area (Å²) in [4.78, 5) is 0. The summed E-state index contributed by atoms with van der Waals surface area (Å²) in [7, 11) is -3.03. The molecule has 0 aliphatic carbocycles. The van der Waals surface area contributed by atoms with Gasteiger partial charge in [0.15, 0.2) is 0 Å². The van der Waals surface area contributed by atoms with Gasteiger partial charge in [0.2, 0.25) is 10.0 Å². The van der Waals surface area contributed by atoms with E-state index in [0.29, 0.717) is 6.54 Å². The van der Waals surface area contributed by atoms with Gasteiger partial charge in [-0.25, -0.2) is 13.1 Å². The fourth-order valence-electron chi connectivity index (χ4n) is 1.12. The van der Waals surface area contributed by atoms with E-state index in [-0.39, 0.29) is 11.7 Å². The molecule has 0 unspecified atom stereocenters. The summed E-state index contributed by atoms with van der Waals surface area (Å²) >= 11 is 3.34. The molecule has 0 aromatic heterocycles. The Bertz CT molecular complexity index is 227. The normalized spacial score (nSPS) is 12.3. The molecule has 0 radical (unpaired) electrons. The van der Waals surface area contributed by atoms with E-state index in [1.54, 1.807) is 0 Å². The smallest absolute Gasteiger partial charge is 0.211 e. The lowest BCUT2D eigenvalue weighted by molar-refractivity contribution is 0.563. The van der Waals surface area contributed by atoms with Crippen LogP contribution in [0.5, 0.6) is 0 Å². The van der Waals surface area contributed by atoms with Crippen LogP contribution in [0.25, 0.3) is 0 Å². The Kier molecular flexibility index (Phi) is 7.86. The second-order valence-corrected chi connectivity index (χ2v) is 6.46. The Balaban J connectivity index is 3.56. The standard InChI is InChI=1S/C9H20BrNO2S/c1-9(2)8-14(12,13)11-7-5-3-4-6-10/h9,11H,3-8H2,1-2H3.